The summed E-state index contributed by atoms with van der Waals surface area (Å²) < 4.78 is 17.0. The molecule has 8 nitrogen and oxygen atoms in total. The average molecular weight is 641 g/mol. The van der Waals surface area contributed by atoms with E-state index in [9.17, 15) is 9.59 Å². The Kier molecular flexibility index (Phi) is 10.6. The maximum atomic E-state index is 14.0. The van der Waals surface area contributed by atoms with Gasteiger partial charge < -0.3 is 29.7 Å². The molecule has 5 rings (SSSR count). The van der Waals surface area contributed by atoms with Gasteiger partial charge in [0.1, 0.15) is 24.7 Å². The number of carbonyl (C=O) groups is 2. The SMILES string of the molecule is COc1cccc(CN(C(=O)C2CNCC[C@@H]2NC(=O)c2ccc(OCCOc3c(Cl)cc(C)cc3Cl)cc2)C2CC2)c1C. The van der Waals surface area contributed by atoms with Crippen LogP contribution in [-0.4, -0.2) is 62.2 Å². The van der Waals surface area contributed by atoms with Crippen LogP contribution in [0.15, 0.2) is 54.6 Å². The minimum absolute atomic E-state index is 0.0754. The molecular weight excluding hydrogens is 601 g/mol. The van der Waals surface area contributed by atoms with Gasteiger partial charge in [0.05, 0.1) is 23.1 Å². The summed E-state index contributed by atoms with van der Waals surface area (Å²) in [7, 11) is 1.66. The summed E-state index contributed by atoms with van der Waals surface area (Å²) in [5.74, 6) is 1.37. The zero-order valence-electron chi connectivity index (χ0n) is 25.3. The molecule has 44 heavy (non-hydrogen) atoms. The first-order valence-corrected chi connectivity index (χ1v) is 15.8. The lowest BCUT2D eigenvalue weighted by Gasteiger charge is -2.36. The van der Waals surface area contributed by atoms with Gasteiger partial charge in [0.25, 0.3) is 5.91 Å². The summed E-state index contributed by atoms with van der Waals surface area (Å²) in [5.41, 5.74) is 3.57. The van der Waals surface area contributed by atoms with Gasteiger partial charge in [0.2, 0.25) is 5.91 Å². The normalized spacial score (nSPS) is 17.9. The Balaban J connectivity index is 1.17. The van der Waals surface area contributed by atoms with Crippen molar-refractivity contribution in [2.24, 2.45) is 5.92 Å². The number of aryl methyl sites for hydroxylation is 1. The molecule has 234 valence electrons. The summed E-state index contributed by atoms with van der Waals surface area (Å²) in [5, 5.41) is 7.41. The minimum atomic E-state index is -0.350. The number of hydrogen-bond acceptors (Lipinski definition) is 6. The molecule has 1 unspecified atom stereocenters. The van der Waals surface area contributed by atoms with Crippen molar-refractivity contribution in [3.8, 4) is 17.2 Å². The molecule has 2 amide bonds. The number of benzene rings is 3. The summed E-state index contributed by atoms with van der Waals surface area (Å²) in [6.45, 7) is 6.26. The van der Waals surface area contributed by atoms with E-state index in [0.717, 1.165) is 41.8 Å². The maximum absolute atomic E-state index is 14.0. The summed E-state index contributed by atoms with van der Waals surface area (Å²) >= 11 is 12.5. The van der Waals surface area contributed by atoms with E-state index in [4.69, 9.17) is 37.4 Å². The molecule has 2 N–H and O–H groups in total. The average Bonchev–Trinajstić information content (AvgIpc) is 3.85. The first-order chi connectivity index (χ1) is 21.2. The molecule has 1 heterocycles. The number of carbonyl (C=O) groups excluding carboxylic acids is 2. The van der Waals surface area contributed by atoms with E-state index in [-0.39, 0.29) is 43.0 Å². The number of halogens is 2. The molecule has 0 radical (unpaired) electrons. The third kappa shape index (κ3) is 7.78. The van der Waals surface area contributed by atoms with E-state index in [0.29, 0.717) is 46.6 Å². The highest BCUT2D eigenvalue weighted by molar-refractivity contribution is 6.37. The Morgan fingerprint density at radius 3 is 2.36 bits per heavy atom. The monoisotopic (exact) mass is 639 g/mol. The Bertz CT molecular complexity index is 1460. The second kappa shape index (κ2) is 14.5. The van der Waals surface area contributed by atoms with E-state index >= 15 is 0 Å². The lowest BCUT2D eigenvalue weighted by Crippen LogP contribution is -2.55. The molecule has 1 saturated carbocycles. The van der Waals surface area contributed by atoms with Gasteiger partial charge in [0.15, 0.2) is 5.75 Å². The quantitative estimate of drug-likeness (QED) is 0.237. The summed E-state index contributed by atoms with van der Waals surface area (Å²) in [6, 6.07) is 16.4. The molecule has 0 bridgehead atoms. The van der Waals surface area contributed by atoms with Crippen LogP contribution in [0.5, 0.6) is 17.2 Å². The molecule has 3 aromatic rings. The van der Waals surface area contributed by atoms with E-state index in [1.807, 2.05) is 30.9 Å². The van der Waals surface area contributed by atoms with Gasteiger partial charge in [-0.25, -0.2) is 0 Å². The molecule has 0 aromatic heterocycles. The Hall–Kier alpha value is -3.46. The molecular formula is C34H39Cl2N3O5. The van der Waals surface area contributed by atoms with Crippen LogP contribution in [0.25, 0.3) is 0 Å². The van der Waals surface area contributed by atoms with Crippen molar-refractivity contribution in [3.63, 3.8) is 0 Å². The molecule has 0 spiro atoms. The lowest BCUT2D eigenvalue weighted by molar-refractivity contribution is -0.138. The number of nitrogens with zero attached hydrogens (tertiary/aromatic N) is 1. The van der Waals surface area contributed by atoms with Gasteiger partial charge in [-0.3, -0.25) is 9.59 Å². The Morgan fingerprint density at radius 2 is 1.68 bits per heavy atom. The lowest BCUT2D eigenvalue weighted by atomic mass is 9.91. The van der Waals surface area contributed by atoms with Gasteiger partial charge in [0, 0.05) is 30.7 Å². The fourth-order valence-electron chi connectivity index (χ4n) is 5.59. The number of rotatable bonds is 12. The Morgan fingerprint density at radius 1 is 0.977 bits per heavy atom. The fraction of sp³-hybridized carbons (Fsp3) is 0.412. The zero-order chi connectivity index (χ0) is 31.2. The zero-order valence-corrected chi connectivity index (χ0v) is 26.8. The van der Waals surface area contributed by atoms with Gasteiger partial charge in [-0.05, 0) is 98.8 Å². The fourth-order valence-corrected chi connectivity index (χ4v) is 6.30. The Labute approximate surface area is 269 Å². The van der Waals surface area contributed by atoms with Crippen LogP contribution in [0, 0.1) is 19.8 Å². The third-order valence-corrected chi connectivity index (χ3v) is 8.76. The second-order valence-corrected chi connectivity index (χ2v) is 12.2. The molecule has 3 aromatic carbocycles. The highest BCUT2D eigenvalue weighted by Gasteiger charge is 2.40. The molecule has 1 aliphatic heterocycles. The number of ether oxygens (including phenoxy) is 3. The van der Waals surface area contributed by atoms with Crippen molar-refractivity contribution in [2.75, 3.05) is 33.4 Å². The summed E-state index contributed by atoms with van der Waals surface area (Å²) in [4.78, 5) is 29.2. The number of amides is 2. The molecule has 10 heteroatoms. The number of hydrogen-bond donors (Lipinski definition) is 2. The molecule has 1 saturated heterocycles. The standard InChI is InChI=1S/C34H39Cl2N3O5/c1-21-17-28(35)32(29(36)18-21)44-16-15-43-26-11-7-23(8-12-26)33(40)38-30-13-14-37-19-27(30)34(41)39(25-9-10-25)20-24-5-4-6-31(42-3)22(24)2/h4-8,11-12,17-18,25,27,30,37H,9-10,13-16,19-20H2,1-3H3,(H,38,40)/t27?,30-/m0/s1. The predicted octanol–water partition coefficient (Wildman–Crippen LogP) is 5.98. The maximum Gasteiger partial charge on any atom is 0.251 e. The third-order valence-electron chi connectivity index (χ3n) is 8.20. The van der Waals surface area contributed by atoms with Gasteiger partial charge >= 0.3 is 0 Å². The molecule has 2 atom stereocenters. The van der Waals surface area contributed by atoms with Crippen LogP contribution in [0.2, 0.25) is 10.0 Å². The van der Waals surface area contributed by atoms with Crippen molar-refractivity contribution in [1.29, 1.82) is 0 Å². The van der Waals surface area contributed by atoms with Crippen LogP contribution in [0.3, 0.4) is 0 Å². The highest BCUT2D eigenvalue weighted by Crippen LogP contribution is 2.34. The minimum Gasteiger partial charge on any atom is -0.496 e. The second-order valence-electron chi connectivity index (χ2n) is 11.4. The number of piperidine rings is 1. The predicted molar refractivity (Wildman–Crippen MR) is 172 cm³/mol. The molecule has 2 aliphatic rings. The van der Waals surface area contributed by atoms with E-state index in [1.165, 1.54) is 0 Å². The topological polar surface area (TPSA) is 89.1 Å². The van der Waals surface area contributed by atoms with Crippen molar-refractivity contribution in [3.05, 3.63) is 86.9 Å². The van der Waals surface area contributed by atoms with Gasteiger partial charge in [-0.2, -0.15) is 0 Å². The van der Waals surface area contributed by atoms with Crippen LogP contribution < -0.4 is 24.8 Å². The van der Waals surface area contributed by atoms with Crippen LogP contribution >= 0.6 is 23.2 Å². The largest absolute Gasteiger partial charge is 0.496 e. The smallest absolute Gasteiger partial charge is 0.251 e. The summed E-state index contributed by atoms with van der Waals surface area (Å²) in [6.07, 6.45) is 2.68. The highest BCUT2D eigenvalue weighted by atomic mass is 35.5. The first-order valence-electron chi connectivity index (χ1n) is 15.0. The van der Waals surface area contributed by atoms with Crippen LogP contribution in [0.1, 0.15) is 46.3 Å². The molecule has 2 fully saturated rings. The van der Waals surface area contributed by atoms with E-state index in [2.05, 4.69) is 16.7 Å². The number of nitrogens with one attached hydrogen (secondary N) is 2. The van der Waals surface area contributed by atoms with Crippen LogP contribution in [0.4, 0.5) is 0 Å². The van der Waals surface area contributed by atoms with E-state index in [1.54, 1.807) is 43.5 Å². The van der Waals surface area contributed by atoms with Crippen molar-refractivity contribution in [2.45, 2.75) is 51.7 Å². The van der Waals surface area contributed by atoms with Crippen LogP contribution in [-0.2, 0) is 11.3 Å². The van der Waals surface area contributed by atoms with Crippen molar-refractivity contribution >= 4 is 35.0 Å². The van der Waals surface area contributed by atoms with Crippen molar-refractivity contribution < 1.29 is 23.8 Å². The van der Waals surface area contributed by atoms with Gasteiger partial charge in [-0.15, -0.1) is 0 Å². The van der Waals surface area contributed by atoms with Crippen molar-refractivity contribution in [1.82, 2.24) is 15.5 Å². The number of methoxy groups -OCH3 is 1. The first kappa shape index (κ1) is 31.9. The molecule has 1 aliphatic carbocycles. The van der Waals surface area contributed by atoms with E-state index < -0.39 is 0 Å². The van der Waals surface area contributed by atoms with Gasteiger partial charge in [-0.1, -0.05) is 35.3 Å².